The Labute approximate surface area is 489 Å². The SMILES string of the molecule is FC(F)(F)c1cc(-c2nc(-n3c4ccc(-c5ccccc5)cc4c4cc(-c5ccccc5)ccc43)nc(-n3c4ccc(-c5ccccc5)cc4c4cc(-c5ccccc5)ccc43)n2)ccc1-n1c2ccccc2c2cc3c(cc21)oc1ccccc13. The first-order chi connectivity index (χ1) is 42.3. The van der Waals surface area contributed by atoms with Crippen LogP contribution in [0.4, 0.5) is 13.2 Å². The molecule has 12 aromatic carbocycles. The summed E-state index contributed by atoms with van der Waals surface area (Å²) in [6.45, 7) is 0. The van der Waals surface area contributed by atoms with Crippen LogP contribution in [-0.4, -0.2) is 28.7 Å². The number of nitrogens with zero attached hydrogens (tertiary/aromatic N) is 6. The van der Waals surface area contributed by atoms with Gasteiger partial charge in [-0.2, -0.15) is 28.1 Å². The van der Waals surface area contributed by atoms with Gasteiger partial charge in [-0.25, -0.2) is 0 Å². The molecule has 86 heavy (non-hydrogen) atoms. The molecular formula is C76H45F3N6O. The third-order valence-corrected chi connectivity index (χ3v) is 16.9. The zero-order chi connectivity index (χ0) is 57.2. The molecule has 0 amide bonds. The summed E-state index contributed by atoms with van der Waals surface area (Å²) in [7, 11) is 0. The molecule has 17 rings (SSSR count). The molecule has 17 aromatic rings. The van der Waals surface area contributed by atoms with Gasteiger partial charge in [-0.05, 0) is 129 Å². The topological polar surface area (TPSA) is 66.6 Å². The van der Waals surface area contributed by atoms with E-state index >= 15 is 13.2 Å². The standard InChI is InChI=1S/C76H45F3N6O/c77-76(78,79)63-43-54(33-38-69(63)83-64-27-15-13-25-55(64)61-44-62-56-26-14-16-28-71(56)86-72(62)45-70(61)83)73-80-74(84-65-34-29-50(46-17-5-1-6-18-46)39-57(65)58-40-51(30-35-66(58)84)47-19-7-2-8-20-47)82-75(81-73)85-67-36-31-52(48-21-9-3-10-22-48)41-59(67)60-42-53(32-37-68(60)85)49-23-11-4-12-24-49/h1-45H. The molecule has 0 aliphatic carbocycles. The summed E-state index contributed by atoms with van der Waals surface area (Å²) in [5.41, 5.74) is 13.3. The van der Waals surface area contributed by atoms with E-state index in [-0.39, 0.29) is 29.0 Å². The maximum atomic E-state index is 16.4. The molecule has 0 bridgehead atoms. The molecule has 0 aliphatic heterocycles. The number of alkyl halides is 3. The lowest BCUT2D eigenvalue weighted by Crippen LogP contribution is -2.13. The minimum Gasteiger partial charge on any atom is -0.456 e. The second kappa shape index (κ2) is 19.1. The molecule has 10 heteroatoms. The number of fused-ring (bicyclic) bond motifs is 12. The largest absolute Gasteiger partial charge is 0.456 e. The molecular weight excluding hydrogens is 1070 g/mol. The normalized spacial score (nSPS) is 12.1. The Morgan fingerprint density at radius 1 is 0.267 bits per heavy atom. The van der Waals surface area contributed by atoms with Crippen molar-refractivity contribution in [3.8, 4) is 73.5 Å². The Bertz CT molecular complexity index is 5160. The van der Waals surface area contributed by atoms with E-state index in [2.05, 4.69) is 121 Å². The Morgan fingerprint density at radius 3 is 1.13 bits per heavy atom. The van der Waals surface area contributed by atoms with Gasteiger partial charge >= 0.3 is 6.18 Å². The van der Waals surface area contributed by atoms with Crippen molar-refractivity contribution in [1.82, 2.24) is 28.7 Å². The molecule has 406 valence electrons. The van der Waals surface area contributed by atoms with Gasteiger partial charge in [0, 0.05) is 54.7 Å². The Hall–Kier alpha value is -11.4. The molecule has 5 heterocycles. The van der Waals surface area contributed by atoms with Gasteiger partial charge in [-0.1, -0.05) is 182 Å². The van der Waals surface area contributed by atoms with Crippen LogP contribution in [0.15, 0.2) is 277 Å². The van der Waals surface area contributed by atoms with E-state index < -0.39 is 11.7 Å². The average Bonchev–Trinajstić information content (AvgIpc) is 1.70. The number of furan rings is 1. The monoisotopic (exact) mass is 1110 g/mol. The summed E-state index contributed by atoms with van der Waals surface area (Å²) in [5.74, 6) is 0.523. The van der Waals surface area contributed by atoms with E-state index in [0.29, 0.717) is 22.2 Å². The predicted molar refractivity (Wildman–Crippen MR) is 342 cm³/mol. The number of hydrogen-bond acceptors (Lipinski definition) is 4. The number of hydrogen-bond donors (Lipinski definition) is 0. The van der Waals surface area contributed by atoms with Crippen LogP contribution in [0.1, 0.15) is 5.56 Å². The summed E-state index contributed by atoms with van der Waals surface area (Å²) in [6.07, 6.45) is -4.83. The van der Waals surface area contributed by atoms with Crippen molar-refractivity contribution in [3.05, 3.63) is 279 Å². The first-order valence-corrected chi connectivity index (χ1v) is 28.5. The molecule has 0 atom stereocenters. The number of aromatic nitrogens is 6. The van der Waals surface area contributed by atoms with Gasteiger partial charge in [-0.15, -0.1) is 0 Å². The fourth-order valence-corrected chi connectivity index (χ4v) is 12.9. The minimum atomic E-state index is -4.83. The third-order valence-electron chi connectivity index (χ3n) is 16.9. The first-order valence-electron chi connectivity index (χ1n) is 28.5. The summed E-state index contributed by atoms with van der Waals surface area (Å²) in [4.78, 5) is 16.1. The molecule has 7 nitrogen and oxygen atoms in total. The van der Waals surface area contributed by atoms with E-state index in [1.807, 2.05) is 143 Å². The van der Waals surface area contributed by atoms with Crippen molar-refractivity contribution in [1.29, 1.82) is 0 Å². The molecule has 0 unspecified atom stereocenters. The smallest absolute Gasteiger partial charge is 0.418 e. The van der Waals surface area contributed by atoms with Crippen LogP contribution < -0.4 is 0 Å². The van der Waals surface area contributed by atoms with Gasteiger partial charge in [0.05, 0.1) is 44.4 Å². The third kappa shape index (κ3) is 7.87. The predicted octanol–water partition coefficient (Wildman–Crippen LogP) is 20.4. The lowest BCUT2D eigenvalue weighted by molar-refractivity contribution is -0.137. The lowest BCUT2D eigenvalue weighted by Gasteiger charge is -2.18. The van der Waals surface area contributed by atoms with E-state index in [0.717, 1.165) is 110 Å². The van der Waals surface area contributed by atoms with Crippen molar-refractivity contribution in [2.45, 2.75) is 6.18 Å². The van der Waals surface area contributed by atoms with E-state index in [4.69, 9.17) is 19.4 Å². The van der Waals surface area contributed by atoms with Crippen molar-refractivity contribution in [3.63, 3.8) is 0 Å². The van der Waals surface area contributed by atoms with Gasteiger partial charge in [0.2, 0.25) is 11.9 Å². The van der Waals surface area contributed by atoms with Crippen LogP contribution in [-0.2, 0) is 6.18 Å². The molecule has 0 fully saturated rings. The lowest BCUT2D eigenvalue weighted by atomic mass is 10.0. The second-order valence-electron chi connectivity index (χ2n) is 21.9. The van der Waals surface area contributed by atoms with Gasteiger partial charge in [0.1, 0.15) is 11.2 Å². The Balaban J connectivity index is 0.939. The summed E-state index contributed by atoms with van der Waals surface area (Å²) < 4.78 is 61.2. The number of halogens is 3. The Morgan fingerprint density at radius 2 is 0.663 bits per heavy atom. The maximum absolute atomic E-state index is 16.4. The number of benzene rings is 12. The highest BCUT2D eigenvalue weighted by atomic mass is 19.4. The maximum Gasteiger partial charge on any atom is 0.418 e. The highest BCUT2D eigenvalue weighted by molar-refractivity contribution is 6.18. The van der Waals surface area contributed by atoms with Crippen LogP contribution in [0.25, 0.3) is 161 Å². The fraction of sp³-hybridized carbons (Fsp3) is 0.0132. The molecule has 0 aliphatic rings. The highest BCUT2D eigenvalue weighted by Crippen LogP contribution is 2.45. The van der Waals surface area contributed by atoms with Crippen LogP contribution in [0.2, 0.25) is 0 Å². The van der Waals surface area contributed by atoms with Crippen molar-refractivity contribution in [2.75, 3.05) is 0 Å². The number of rotatable bonds is 8. The first kappa shape index (κ1) is 49.3. The van der Waals surface area contributed by atoms with Gasteiger partial charge in [0.15, 0.2) is 5.82 Å². The quantitative estimate of drug-likeness (QED) is 0.152. The second-order valence-corrected chi connectivity index (χ2v) is 21.9. The molecule has 5 aromatic heterocycles. The van der Waals surface area contributed by atoms with Crippen LogP contribution in [0, 0.1) is 0 Å². The van der Waals surface area contributed by atoms with Gasteiger partial charge in [0.25, 0.3) is 0 Å². The average molecular weight is 1120 g/mol. The molecule has 0 saturated heterocycles. The molecule has 0 spiro atoms. The summed E-state index contributed by atoms with van der Waals surface area (Å²) in [5, 5.41) is 7.26. The van der Waals surface area contributed by atoms with Gasteiger partial charge in [-0.3, -0.25) is 9.13 Å². The minimum absolute atomic E-state index is 0.0471. The Kier molecular flexibility index (Phi) is 10.9. The zero-order valence-electron chi connectivity index (χ0n) is 45.7. The van der Waals surface area contributed by atoms with Crippen molar-refractivity contribution >= 4 is 87.4 Å². The molecule has 0 saturated carbocycles. The van der Waals surface area contributed by atoms with Crippen molar-refractivity contribution < 1.29 is 17.6 Å². The van der Waals surface area contributed by atoms with Gasteiger partial charge < -0.3 is 8.98 Å². The molecule has 0 N–H and O–H groups in total. The number of para-hydroxylation sites is 2. The fourth-order valence-electron chi connectivity index (χ4n) is 12.9. The van der Waals surface area contributed by atoms with Crippen molar-refractivity contribution in [2.24, 2.45) is 0 Å². The zero-order valence-corrected chi connectivity index (χ0v) is 45.7. The van der Waals surface area contributed by atoms with Crippen LogP contribution in [0.5, 0.6) is 0 Å². The highest BCUT2D eigenvalue weighted by Gasteiger charge is 2.36. The van der Waals surface area contributed by atoms with E-state index in [9.17, 15) is 0 Å². The van der Waals surface area contributed by atoms with Crippen LogP contribution in [0.3, 0.4) is 0 Å². The summed E-state index contributed by atoms with van der Waals surface area (Å²) in [6, 6.07) is 90.2. The molecule has 0 radical (unpaired) electrons. The summed E-state index contributed by atoms with van der Waals surface area (Å²) >= 11 is 0. The van der Waals surface area contributed by atoms with Crippen LogP contribution >= 0.6 is 0 Å². The van der Waals surface area contributed by atoms with E-state index in [1.165, 1.54) is 6.07 Å². The van der Waals surface area contributed by atoms with E-state index in [1.54, 1.807) is 16.7 Å².